The van der Waals surface area contributed by atoms with E-state index in [-0.39, 0.29) is 5.91 Å². The van der Waals surface area contributed by atoms with Gasteiger partial charge >= 0.3 is 0 Å². The lowest BCUT2D eigenvalue weighted by atomic mass is 9.93. The van der Waals surface area contributed by atoms with Crippen LogP contribution in [-0.2, 0) is 4.79 Å². The largest absolute Gasteiger partial charge is 0.349 e. The van der Waals surface area contributed by atoms with Gasteiger partial charge in [-0.1, -0.05) is 0 Å². The van der Waals surface area contributed by atoms with Gasteiger partial charge in [0.1, 0.15) is 0 Å². The molecule has 0 aromatic carbocycles. The number of hydrogen-bond acceptors (Lipinski definition) is 2. The molecule has 1 aliphatic heterocycles. The maximum Gasteiger partial charge on any atom is 0.222 e. The molecule has 1 heterocycles. The topological polar surface area (TPSA) is 23.6 Å². The van der Waals surface area contributed by atoms with Crippen LogP contribution in [0.25, 0.3) is 0 Å². The van der Waals surface area contributed by atoms with Crippen molar-refractivity contribution in [3.63, 3.8) is 0 Å². The number of rotatable bonds is 2. The van der Waals surface area contributed by atoms with Crippen molar-refractivity contribution in [2.24, 2.45) is 5.92 Å². The predicted molar refractivity (Wildman–Crippen MR) is 53.5 cm³/mol. The lowest BCUT2D eigenvalue weighted by molar-refractivity contribution is -0.130. The summed E-state index contributed by atoms with van der Waals surface area (Å²) in [5, 5.41) is 0. The van der Waals surface area contributed by atoms with Gasteiger partial charge < -0.3 is 9.80 Å². The third-order valence-corrected chi connectivity index (χ3v) is 2.80. The fraction of sp³-hybridized carbons (Fsp3) is 0.900. The number of piperidine rings is 1. The summed E-state index contributed by atoms with van der Waals surface area (Å²) in [6.07, 6.45) is 3.09. The van der Waals surface area contributed by atoms with Crippen LogP contribution in [0.4, 0.5) is 0 Å². The third-order valence-electron chi connectivity index (χ3n) is 2.80. The first-order valence-electron chi connectivity index (χ1n) is 4.98. The maximum atomic E-state index is 11.4. The molecule has 0 radical (unpaired) electrons. The fourth-order valence-corrected chi connectivity index (χ4v) is 1.70. The Morgan fingerprint density at radius 1 is 1.38 bits per heavy atom. The minimum absolute atomic E-state index is 0.273. The van der Waals surface area contributed by atoms with Gasteiger partial charge in [0.15, 0.2) is 0 Å². The molecule has 3 heteroatoms. The van der Waals surface area contributed by atoms with Crippen LogP contribution >= 0.6 is 0 Å². The second-order valence-corrected chi connectivity index (χ2v) is 4.24. The van der Waals surface area contributed by atoms with Gasteiger partial charge in [-0.25, -0.2) is 0 Å². The number of carbonyl (C=O) groups is 1. The van der Waals surface area contributed by atoms with Crippen LogP contribution in [0, 0.1) is 5.92 Å². The number of likely N-dealkylation sites (tertiary alicyclic amines) is 1. The SMILES string of the molecule is CN1CCC(CC(=O)N(C)C)CC1. The molecule has 1 saturated heterocycles. The van der Waals surface area contributed by atoms with Gasteiger partial charge in [0.05, 0.1) is 0 Å². The molecule has 0 saturated carbocycles. The number of hydrogen-bond donors (Lipinski definition) is 0. The smallest absolute Gasteiger partial charge is 0.222 e. The second-order valence-electron chi connectivity index (χ2n) is 4.24. The number of nitrogens with zero attached hydrogens (tertiary/aromatic N) is 2. The minimum Gasteiger partial charge on any atom is -0.349 e. The van der Waals surface area contributed by atoms with E-state index in [1.165, 1.54) is 12.8 Å². The predicted octanol–water partition coefficient (Wildman–Crippen LogP) is 0.806. The molecule has 1 rings (SSSR count). The zero-order chi connectivity index (χ0) is 9.84. The summed E-state index contributed by atoms with van der Waals surface area (Å²) in [4.78, 5) is 15.4. The molecule has 0 N–H and O–H groups in total. The van der Waals surface area contributed by atoms with E-state index in [4.69, 9.17) is 0 Å². The van der Waals surface area contributed by atoms with Gasteiger partial charge in [0.2, 0.25) is 5.91 Å². The molecule has 0 atom stereocenters. The van der Waals surface area contributed by atoms with Crippen molar-refractivity contribution >= 4 is 5.91 Å². The lowest BCUT2D eigenvalue weighted by Crippen LogP contribution is -2.33. The van der Waals surface area contributed by atoms with E-state index in [1.807, 2.05) is 14.1 Å². The van der Waals surface area contributed by atoms with Crippen molar-refractivity contribution in [3.05, 3.63) is 0 Å². The van der Waals surface area contributed by atoms with Gasteiger partial charge in [-0.2, -0.15) is 0 Å². The van der Waals surface area contributed by atoms with Crippen LogP contribution in [0.5, 0.6) is 0 Å². The van der Waals surface area contributed by atoms with E-state index in [2.05, 4.69) is 11.9 Å². The van der Waals surface area contributed by atoms with Crippen molar-refractivity contribution in [1.82, 2.24) is 9.80 Å². The highest BCUT2D eigenvalue weighted by molar-refractivity contribution is 5.75. The van der Waals surface area contributed by atoms with Crippen molar-refractivity contribution in [2.75, 3.05) is 34.2 Å². The van der Waals surface area contributed by atoms with Gasteiger partial charge in [0.25, 0.3) is 0 Å². The third kappa shape index (κ3) is 3.35. The summed E-state index contributed by atoms with van der Waals surface area (Å²) in [5.74, 6) is 0.889. The Labute approximate surface area is 80.7 Å². The summed E-state index contributed by atoms with van der Waals surface area (Å²) in [7, 11) is 5.80. The summed E-state index contributed by atoms with van der Waals surface area (Å²) in [6.45, 7) is 2.29. The molecule has 0 aromatic rings. The second kappa shape index (κ2) is 4.61. The molecule has 76 valence electrons. The van der Waals surface area contributed by atoms with E-state index in [1.54, 1.807) is 4.90 Å². The molecular weight excluding hydrogens is 164 g/mol. The quantitative estimate of drug-likeness (QED) is 0.634. The summed E-state index contributed by atoms with van der Waals surface area (Å²) < 4.78 is 0. The van der Waals surface area contributed by atoms with E-state index in [0.717, 1.165) is 19.5 Å². The molecule has 1 aliphatic rings. The lowest BCUT2D eigenvalue weighted by Gasteiger charge is -2.29. The molecule has 3 nitrogen and oxygen atoms in total. The molecule has 0 spiro atoms. The Kier molecular flexibility index (Phi) is 3.72. The van der Waals surface area contributed by atoms with Crippen molar-refractivity contribution in [3.8, 4) is 0 Å². The maximum absolute atomic E-state index is 11.4. The van der Waals surface area contributed by atoms with Crippen LogP contribution in [0.2, 0.25) is 0 Å². The molecule has 0 unspecified atom stereocenters. The molecule has 0 bridgehead atoms. The highest BCUT2D eigenvalue weighted by Gasteiger charge is 2.19. The minimum atomic E-state index is 0.273. The average molecular weight is 184 g/mol. The molecule has 0 aliphatic carbocycles. The van der Waals surface area contributed by atoms with E-state index >= 15 is 0 Å². The van der Waals surface area contributed by atoms with Gasteiger partial charge in [0, 0.05) is 20.5 Å². The Bertz CT molecular complexity index is 172. The first kappa shape index (κ1) is 10.5. The average Bonchev–Trinajstić information content (AvgIpc) is 2.08. The molecule has 1 amide bonds. The van der Waals surface area contributed by atoms with Gasteiger partial charge in [-0.15, -0.1) is 0 Å². The highest BCUT2D eigenvalue weighted by Crippen LogP contribution is 2.19. The van der Waals surface area contributed by atoms with E-state index in [9.17, 15) is 4.79 Å². The number of carbonyl (C=O) groups excluding carboxylic acids is 1. The van der Waals surface area contributed by atoms with E-state index in [0.29, 0.717) is 5.92 Å². The first-order chi connectivity index (χ1) is 6.09. The summed E-state index contributed by atoms with van der Waals surface area (Å²) in [6, 6.07) is 0. The van der Waals surface area contributed by atoms with Crippen LogP contribution in [0.3, 0.4) is 0 Å². The van der Waals surface area contributed by atoms with Crippen molar-refractivity contribution < 1.29 is 4.79 Å². The van der Waals surface area contributed by atoms with Gasteiger partial charge in [-0.3, -0.25) is 4.79 Å². The Morgan fingerprint density at radius 3 is 2.38 bits per heavy atom. The zero-order valence-electron chi connectivity index (χ0n) is 8.92. The first-order valence-corrected chi connectivity index (χ1v) is 4.98. The molecular formula is C10H20N2O. The Balaban J connectivity index is 2.26. The molecule has 1 fully saturated rings. The standard InChI is InChI=1S/C10H20N2O/c1-11(2)10(13)8-9-4-6-12(3)7-5-9/h9H,4-8H2,1-3H3. The highest BCUT2D eigenvalue weighted by atomic mass is 16.2. The fourth-order valence-electron chi connectivity index (χ4n) is 1.70. The zero-order valence-corrected chi connectivity index (χ0v) is 8.92. The van der Waals surface area contributed by atoms with E-state index < -0.39 is 0 Å². The Hall–Kier alpha value is -0.570. The number of amides is 1. The molecule has 13 heavy (non-hydrogen) atoms. The summed E-state index contributed by atoms with van der Waals surface area (Å²) >= 11 is 0. The van der Waals surface area contributed by atoms with Crippen molar-refractivity contribution in [2.45, 2.75) is 19.3 Å². The Morgan fingerprint density at radius 2 is 1.92 bits per heavy atom. The monoisotopic (exact) mass is 184 g/mol. The van der Waals surface area contributed by atoms with Crippen LogP contribution in [0.1, 0.15) is 19.3 Å². The van der Waals surface area contributed by atoms with Crippen molar-refractivity contribution in [1.29, 1.82) is 0 Å². The van der Waals surface area contributed by atoms with Gasteiger partial charge in [-0.05, 0) is 38.9 Å². The van der Waals surface area contributed by atoms with Crippen LogP contribution < -0.4 is 0 Å². The normalized spacial score (nSPS) is 20.2. The summed E-state index contributed by atoms with van der Waals surface area (Å²) in [5.41, 5.74) is 0. The van der Waals surface area contributed by atoms with Crippen LogP contribution in [-0.4, -0.2) is 49.9 Å². The molecule has 0 aromatic heterocycles. The van der Waals surface area contributed by atoms with Crippen LogP contribution in [0.15, 0.2) is 0 Å².